The van der Waals surface area contributed by atoms with Crippen molar-refractivity contribution < 1.29 is 14.3 Å². The van der Waals surface area contributed by atoms with Gasteiger partial charge in [0.2, 0.25) is 0 Å². The summed E-state index contributed by atoms with van der Waals surface area (Å²) in [6, 6.07) is 15.2. The number of carbonyl (C=O) groups excluding carboxylic acids is 2. The third kappa shape index (κ3) is 4.23. The van der Waals surface area contributed by atoms with E-state index in [1.807, 2.05) is 62.4 Å². The Balaban J connectivity index is 1.50. The van der Waals surface area contributed by atoms with E-state index in [0.717, 1.165) is 16.9 Å². The number of hydrogen-bond donors (Lipinski definition) is 0. The summed E-state index contributed by atoms with van der Waals surface area (Å²) in [6.07, 6.45) is 0. The molecule has 3 rings (SSSR count). The Bertz CT molecular complexity index is 781. The normalized spacial score (nSPS) is 14.2. The fourth-order valence-corrected chi connectivity index (χ4v) is 3.02. The van der Waals surface area contributed by atoms with Gasteiger partial charge in [0.25, 0.3) is 11.8 Å². The van der Waals surface area contributed by atoms with Crippen LogP contribution in [0.25, 0.3) is 0 Å². The largest absolute Gasteiger partial charge is 0.483 e. The number of ether oxygens (including phenoxy) is 1. The molecular weight excluding hydrogens is 328 g/mol. The monoisotopic (exact) mass is 352 g/mol. The molecule has 1 aliphatic rings. The van der Waals surface area contributed by atoms with Crippen LogP contribution in [0.15, 0.2) is 48.5 Å². The summed E-state index contributed by atoms with van der Waals surface area (Å²) in [4.78, 5) is 28.4. The van der Waals surface area contributed by atoms with Crippen LogP contribution in [0.1, 0.15) is 21.5 Å². The molecule has 0 spiro atoms. The number of carbonyl (C=O) groups is 2. The Morgan fingerprint density at radius 1 is 0.923 bits per heavy atom. The second kappa shape index (κ2) is 8.04. The fraction of sp³-hybridized carbons (Fsp3) is 0.333. The van der Waals surface area contributed by atoms with Crippen LogP contribution >= 0.6 is 0 Å². The van der Waals surface area contributed by atoms with Crippen molar-refractivity contribution in [3.05, 3.63) is 65.2 Å². The molecule has 1 fully saturated rings. The maximum absolute atomic E-state index is 12.5. The van der Waals surface area contributed by atoms with Crippen molar-refractivity contribution in [2.45, 2.75) is 13.8 Å². The number of piperazine rings is 1. The van der Waals surface area contributed by atoms with Crippen molar-refractivity contribution in [3.8, 4) is 5.75 Å². The minimum absolute atomic E-state index is 0.0179. The highest BCUT2D eigenvalue weighted by Crippen LogP contribution is 2.19. The van der Waals surface area contributed by atoms with E-state index in [4.69, 9.17) is 4.74 Å². The minimum Gasteiger partial charge on any atom is -0.483 e. The number of rotatable bonds is 4. The van der Waals surface area contributed by atoms with Gasteiger partial charge in [-0.2, -0.15) is 0 Å². The third-order valence-corrected chi connectivity index (χ3v) is 4.64. The Labute approximate surface area is 154 Å². The first kappa shape index (κ1) is 18.0. The predicted molar refractivity (Wildman–Crippen MR) is 100 cm³/mol. The number of benzene rings is 2. The molecule has 1 heterocycles. The maximum Gasteiger partial charge on any atom is 0.260 e. The van der Waals surface area contributed by atoms with E-state index in [2.05, 4.69) is 0 Å². The van der Waals surface area contributed by atoms with Gasteiger partial charge in [-0.1, -0.05) is 30.3 Å². The van der Waals surface area contributed by atoms with Crippen LogP contribution in [0.3, 0.4) is 0 Å². The van der Waals surface area contributed by atoms with Crippen molar-refractivity contribution in [2.75, 3.05) is 32.8 Å². The zero-order valence-corrected chi connectivity index (χ0v) is 15.3. The molecule has 0 N–H and O–H groups in total. The van der Waals surface area contributed by atoms with Crippen LogP contribution in [0, 0.1) is 13.8 Å². The lowest BCUT2D eigenvalue weighted by Crippen LogP contribution is -2.51. The van der Waals surface area contributed by atoms with Gasteiger partial charge < -0.3 is 14.5 Å². The van der Waals surface area contributed by atoms with Gasteiger partial charge in [0.05, 0.1) is 0 Å². The standard InChI is InChI=1S/C21H24N2O3/c1-16-8-9-17(2)19(14-16)26-15-20(24)22-10-12-23(13-11-22)21(25)18-6-4-3-5-7-18/h3-9,14H,10-13,15H2,1-2H3. The molecule has 0 atom stereocenters. The molecule has 1 saturated heterocycles. The summed E-state index contributed by atoms with van der Waals surface area (Å²) >= 11 is 0. The van der Waals surface area contributed by atoms with E-state index in [1.54, 1.807) is 9.80 Å². The minimum atomic E-state index is -0.0438. The van der Waals surface area contributed by atoms with Crippen molar-refractivity contribution >= 4 is 11.8 Å². The smallest absolute Gasteiger partial charge is 0.260 e. The summed E-state index contributed by atoms with van der Waals surface area (Å²) in [5.41, 5.74) is 2.80. The molecule has 1 aliphatic heterocycles. The van der Waals surface area contributed by atoms with Crippen molar-refractivity contribution in [2.24, 2.45) is 0 Å². The lowest BCUT2D eigenvalue weighted by Gasteiger charge is -2.34. The molecule has 26 heavy (non-hydrogen) atoms. The lowest BCUT2D eigenvalue weighted by molar-refractivity contribution is -0.134. The first-order valence-corrected chi connectivity index (χ1v) is 8.87. The summed E-state index contributed by atoms with van der Waals surface area (Å²) in [5.74, 6) is 0.721. The van der Waals surface area contributed by atoms with Crippen LogP contribution in [-0.2, 0) is 4.79 Å². The van der Waals surface area contributed by atoms with Gasteiger partial charge in [0, 0.05) is 31.7 Å². The predicted octanol–water partition coefficient (Wildman–Crippen LogP) is 2.67. The van der Waals surface area contributed by atoms with E-state index < -0.39 is 0 Å². The number of amides is 2. The van der Waals surface area contributed by atoms with Crippen molar-refractivity contribution in [1.82, 2.24) is 9.80 Å². The molecular formula is C21H24N2O3. The van der Waals surface area contributed by atoms with Gasteiger partial charge in [0.15, 0.2) is 6.61 Å². The van der Waals surface area contributed by atoms with E-state index in [-0.39, 0.29) is 18.4 Å². The number of hydrogen-bond acceptors (Lipinski definition) is 3. The molecule has 2 aromatic rings. The van der Waals surface area contributed by atoms with Gasteiger partial charge in [-0.05, 0) is 43.2 Å². The average molecular weight is 352 g/mol. The van der Waals surface area contributed by atoms with E-state index in [0.29, 0.717) is 31.7 Å². The molecule has 5 heteroatoms. The lowest BCUT2D eigenvalue weighted by atomic mass is 10.1. The number of nitrogens with zero attached hydrogens (tertiary/aromatic N) is 2. The zero-order chi connectivity index (χ0) is 18.5. The molecule has 0 saturated carbocycles. The summed E-state index contributed by atoms with van der Waals surface area (Å²) < 4.78 is 5.70. The molecule has 136 valence electrons. The van der Waals surface area contributed by atoms with Crippen LogP contribution in [0.4, 0.5) is 0 Å². The summed E-state index contributed by atoms with van der Waals surface area (Å²) in [5, 5.41) is 0. The van der Waals surface area contributed by atoms with E-state index in [9.17, 15) is 9.59 Å². The molecule has 0 aromatic heterocycles. The van der Waals surface area contributed by atoms with Crippen molar-refractivity contribution in [1.29, 1.82) is 0 Å². The highest BCUT2D eigenvalue weighted by molar-refractivity contribution is 5.94. The van der Waals surface area contributed by atoms with Crippen LogP contribution in [-0.4, -0.2) is 54.4 Å². The average Bonchev–Trinajstić information content (AvgIpc) is 2.68. The van der Waals surface area contributed by atoms with Gasteiger partial charge >= 0.3 is 0 Å². The Morgan fingerprint density at radius 2 is 1.58 bits per heavy atom. The fourth-order valence-electron chi connectivity index (χ4n) is 3.02. The topological polar surface area (TPSA) is 49.9 Å². The zero-order valence-electron chi connectivity index (χ0n) is 15.3. The molecule has 5 nitrogen and oxygen atoms in total. The van der Waals surface area contributed by atoms with Crippen LogP contribution < -0.4 is 4.74 Å². The van der Waals surface area contributed by atoms with Gasteiger partial charge in [-0.25, -0.2) is 0 Å². The Morgan fingerprint density at radius 3 is 2.27 bits per heavy atom. The van der Waals surface area contributed by atoms with Crippen LogP contribution in [0.5, 0.6) is 5.75 Å². The highest BCUT2D eigenvalue weighted by atomic mass is 16.5. The second-order valence-electron chi connectivity index (χ2n) is 6.60. The molecule has 2 aromatic carbocycles. The van der Waals surface area contributed by atoms with Crippen LogP contribution in [0.2, 0.25) is 0 Å². The molecule has 0 aliphatic carbocycles. The SMILES string of the molecule is Cc1ccc(C)c(OCC(=O)N2CCN(C(=O)c3ccccc3)CC2)c1. The maximum atomic E-state index is 12.5. The molecule has 0 bridgehead atoms. The van der Waals surface area contributed by atoms with E-state index >= 15 is 0 Å². The molecule has 0 radical (unpaired) electrons. The van der Waals surface area contributed by atoms with E-state index in [1.165, 1.54) is 0 Å². The van der Waals surface area contributed by atoms with Gasteiger partial charge in [-0.3, -0.25) is 9.59 Å². The summed E-state index contributed by atoms with van der Waals surface area (Å²) in [6.45, 7) is 6.15. The second-order valence-corrected chi connectivity index (χ2v) is 6.60. The molecule has 0 unspecified atom stereocenters. The van der Waals surface area contributed by atoms with Gasteiger partial charge in [-0.15, -0.1) is 0 Å². The number of aryl methyl sites for hydroxylation is 2. The quantitative estimate of drug-likeness (QED) is 0.850. The highest BCUT2D eigenvalue weighted by Gasteiger charge is 2.25. The first-order valence-electron chi connectivity index (χ1n) is 8.87. The van der Waals surface area contributed by atoms with Gasteiger partial charge in [0.1, 0.15) is 5.75 Å². The summed E-state index contributed by atoms with van der Waals surface area (Å²) in [7, 11) is 0. The first-order chi connectivity index (χ1) is 12.5. The molecule has 2 amide bonds. The third-order valence-electron chi connectivity index (χ3n) is 4.64. The Kier molecular flexibility index (Phi) is 5.56. The van der Waals surface area contributed by atoms with Crippen molar-refractivity contribution in [3.63, 3.8) is 0 Å². The Hall–Kier alpha value is -2.82.